The molecule has 0 amide bonds. The second kappa shape index (κ2) is 22.4. The zero-order valence-corrected chi connectivity index (χ0v) is 50.0. The van der Waals surface area contributed by atoms with Gasteiger partial charge in [0.25, 0.3) is 0 Å². The number of furan rings is 2. The summed E-state index contributed by atoms with van der Waals surface area (Å²) in [5.74, 6) is 0. The van der Waals surface area contributed by atoms with Crippen LogP contribution in [0.4, 0.5) is 0 Å². The van der Waals surface area contributed by atoms with E-state index in [0.29, 0.717) is 38.6 Å². The van der Waals surface area contributed by atoms with Crippen LogP contribution in [-0.4, -0.2) is 0 Å². The van der Waals surface area contributed by atoms with Crippen molar-refractivity contribution in [3.63, 3.8) is 0 Å². The van der Waals surface area contributed by atoms with Gasteiger partial charge in [0.1, 0.15) is 22.3 Å². The molecule has 0 unspecified atom stereocenters. The van der Waals surface area contributed by atoms with Crippen molar-refractivity contribution in [1.29, 1.82) is 0 Å². The first kappa shape index (κ1) is 27.8. The van der Waals surface area contributed by atoms with Gasteiger partial charge in [-0.2, -0.15) is 0 Å². The summed E-state index contributed by atoms with van der Waals surface area (Å²) >= 11 is 0. The molecule has 0 bridgehead atoms. The Labute approximate surface area is 625 Å². The van der Waals surface area contributed by atoms with Crippen LogP contribution in [0.25, 0.3) is 208 Å². The normalized spacial score (nSPS) is 18.0. The van der Waals surface area contributed by atoms with Crippen LogP contribution in [0.1, 0.15) is 58.9 Å². The van der Waals surface area contributed by atoms with Gasteiger partial charge in [-0.05, 0) is 212 Å². The molecule has 19 aromatic carbocycles. The van der Waals surface area contributed by atoms with Gasteiger partial charge in [-0.3, -0.25) is 0 Å². The minimum absolute atomic E-state index is 0.0251. The predicted octanol–water partition coefficient (Wildman–Crippen LogP) is 27.6. The predicted molar refractivity (Wildman–Crippen MR) is 418 cm³/mol. The lowest BCUT2D eigenvalue weighted by molar-refractivity contribution is 0.669. The average molecular weight is 1290 g/mol. The second-order valence-electron chi connectivity index (χ2n) is 22.7. The molecule has 2 aromatic heterocycles. The molecule has 0 saturated carbocycles. The maximum atomic E-state index is 9.68. The van der Waals surface area contributed by atoms with E-state index in [0.717, 1.165) is 21.5 Å². The molecular formula is C96H58O2. The molecule has 0 spiro atoms. The molecule has 0 radical (unpaired) electrons. The fraction of sp³-hybridized carbons (Fsp3) is 0. The Kier molecular flexibility index (Phi) is 6.36. The first-order valence-electron chi connectivity index (χ1n) is 51.8. The van der Waals surface area contributed by atoms with Crippen molar-refractivity contribution < 1.29 is 67.8 Å². The number of hydrogen-bond acceptors (Lipinski definition) is 2. The van der Waals surface area contributed by atoms with Crippen molar-refractivity contribution in [2.75, 3.05) is 0 Å². The van der Waals surface area contributed by atoms with Gasteiger partial charge in [-0.15, -0.1) is 0 Å². The Bertz CT molecular complexity index is 9430. The lowest BCUT2D eigenvalue weighted by atomic mass is 9.82. The number of hydrogen-bond donors (Lipinski definition) is 0. The molecule has 0 fully saturated rings. The van der Waals surface area contributed by atoms with Crippen molar-refractivity contribution in [3.05, 3.63) is 351 Å². The molecule has 98 heavy (non-hydrogen) atoms. The first-order chi connectivity index (χ1) is 66.5. The molecule has 21 aromatic rings. The Morgan fingerprint density at radius 3 is 1.28 bits per heavy atom. The Morgan fingerprint density at radius 2 is 0.653 bits per heavy atom. The summed E-state index contributed by atoms with van der Waals surface area (Å²) in [6.07, 6.45) is 0. The average Bonchev–Trinajstić information content (AvgIpc) is 1.69. The van der Waals surface area contributed by atoms with E-state index in [4.69, 9.17) is 44.5 Å². The van der Waals surface area contributed by atoms with E-state index >= 15 is 0 Å². The number of rotatable bonds is 6. The molecule has 0 aliphatic rings. The van der Waals surface area contributed by atoms with Gasteiger partial charge in [0.2, 0.25) is 0 Å². The van der Waals surface area contributed by atoms with Crippen LogP contribution >= 0.6 is 0 Å². The van der Waals surface area contributed by atoms with Crippen molar-refractivity contribution >= 4 is 141 Å². The third-order valence-electron chi connectivity index (χ3n) is 17.5. The van der Waals surface area contributed by atoms with Crippen molar-refractivity contribution in [2.45, 2.75) is 0 Å². The smallest absolute Gasteiger partial charge is 0.136 e. The maximum absolute atomic E-state index is 9.68. The molecule has 0 saturated heterocycles. The molecule has 0 aliphatic heterocycles. The summed E-state index contributed by atoms with van der Waals surface area (Å²) in [7, 11) is 0. The largest absolute Gasteiger partial charge is 0.456 e. The maximum Gasteiger partial charge on any atom is 0.136 e. The van der Waals surface area contributed by atoms with Gasteiger partial charge in [-0.25, -0.2) is 0 Å². The van der Waals surface area contributed by atoms with Gasteiger partial charge in [0, 0.05) is 21.5 Å². The molecule has 0 N–H and O–H groups in total. The van der Waals surface area contributed by atoms with Crippen LogP contribution in [0.15, 0.2) is 360 Å². The van der Waals surface area contributed by atoms with E-state index in [2.05, 4.69) is 0 Å². The molecule has 454 valence electrons. The van der Waals surface area contributed by atoms with Crippen LogP contribution in [0, 0.1) is 0 Å². The molecule has 2 heteroatoms. The van der Waals surface area contributed by atoms with Gasteiger partial charge in [0.15, 0.2) is 0 Å². The Balaban J connectivity index is 0.000000174. The summed E-state index contributed by atoms with van der Waals surface area (Å²) in [6, 6.07) is -7.59. The summed E-state index contributed by atoms with van der Waals surface area (Å²) < 4.78 is 402. The quantitative estimate of drug-likeness (QED) is 0.155. The zero-order valence-electron chi connectivity index (χ0n) is 93.0. The minimum Gasteiger partial charge on any atom is -0.456 e. The van der Waals surface area contributed by atoms with E-state index in [9.17, 15) is 23.3 Å². The van der Waals surface area contributed by atoms with Gasteiger partial charge in [-0.1, -0.05) is 302 Å². The standard InChI is InChI=1S/C50H30O.C46H28O/c1-2-14-34-29-36(22-21-31(34)11-1)47-40-17-7-9-19-42(40)50(43-20-10-8-18-41(43)47)49-38-16-6-4-12-32(38)23-26-39(49)35-24-27-44-46(30-35)51-45-28-25-33-13-3-5-15-37(33)48(44)45;1-2-13-31-27-33(22-21-29(31)11-1)44-37-17-7-9-19-39(37)45(40-20-10-8-18-38(40)44)36-16-6-5-14-34(36)32-23-25-41-43(28-32)47-42-26-24-30-12-3-4-15-35(30)46(41)42/h1-30H;1-28H/i1D,2D,7D,8D,9D,10D,11D,14D,17D,18D,19D,20D,21D,22D,29D;1D,2D,3D,4D,5D,6D,7D,8D,9D,10D,11D,12D,13D,14D,15D,16D,17D,18D,19D,20D,21D,22D,23D,24D,25D,26D,27D,28D. The van der Waals surface area contributed by atoms with Crippen LogP contribution in [0.2, 0.25) is 0 Å². The fourth-order valence-electron chi connectivity index (χ4n) is 13.3. The van der Waals surface area contributed by atoms with E-state index in [-0.39, 0.29) is 38.1 Å². The molecule has 0 aliphatic carbocycles. The highest BCUT2D eigenvalue weighted by Gasteiger charge is 2.24. The van der Waals surface area contributed by atoms with Crippen LogP contribution in [-0.2, 0) is 0 Å². The number of fused-ring (bicyclic) bond motifs is 17. The lowest BCUT2D eigenvalue weighted by Crippen LogP contribution is -1.94. The summed E-state index contributed by atoms with van der Waals surface area (Å²) in [4.78, 5) is 0. The third-order valence-corrected chi connectivity index (χ3v) is 17.5. The van der Waals surface area contributed by atoms with Crippen LogP contribution in [0.3, 0.4) is 0 Å². The number of benzene rings is 19. The summed E-state index contributed by atoms with van der Waals surface area (Å²) in [5.41, 5.74) is -4.35. The molecule has 2 nitrogen and oxygen atoms in total. The molecular weight excluding hydrogens is 1190 g/mol. The Hall–Kier alpha value is -12.9. The highest BCUT2D eigenvalue weighted by Crippen LogP contribution is 2.51. The first-order valence-corrected chi connectivity index (χ1v) is 30.3. The van der Waals surface area contributed by atoms with Gasteiger partial charge in [0.05, 0.1) is 58.9 Å². The van der Waals surface area contributed by atoms with Crippen LogP contribution in [0.5, 0.6) is 0 Å². The monoisotopic (exact) mass is 1290 g/mol. The van der Waals surface area contributed by atoms with Crippen molar-refractivity contribution in [1.82, 2.24) is 0 Å². The van der Waals surface area contributed by atoms with Gasteiger partial charge < -0.3 is 8.83 Å². The summed E-state index contributed by atoms with van der Waals surface area (Å²) in [6.45, 7) is 0. The van der Waals surface area contributed by atoms with E-state index in [1.807, 2.05) is 84.9 Å². The zero-order chi connectivity index (χ0) is 102. The van der Waals surface area contributed by atoms with E-state index in [1.54, 1.807) is 6.07 Å². The van der Waals surface area contributed by atoms with E-state index < -0.39 is 369 Å². The van der Waals surface area contributed by atoms with Crippen LogP contribution < -0.4 is 0 Å². The van der Waals surface area contributed by atoms with E-state index in [1.165, 1.54) is 0 Å². The second-order valence-corrected chi connectivity index (χ2v) is 22.7. The highest BCUT2D eigenvalue weighted by molar-refractivity contribution is 6.27. The summed E-state index contributed by atoms with van der Waals surface area (Å²) in [5, 5.41) is -2.87. The van der Waals surface area contributed by atoms with Crippen molar-refractivity contribution in [2.24, 2.45) is 0 Å². The Morgan fingerprint density at radius 1 is 0.194 bits per heavy atom. The molecule has 0 atom stereocenters. The third kappa shape index (κ3) is 8.82. The molecule has 2 heterocycles. The SMILES string of the molecule is [2H]c1c([2H])c([2H])c(-c2c3c([2H])c([2H])c([2H])c([2H])c3c(-c3c([2H])c([2H])c4c([2H])c([2H])c([2H])c([2H])c4c3[2H])c3c([2H])c([2H])c([2H])c([2H])c23)c(-c2c([2H])c([2H])c3c(oc4c([2H])c([2H])c5c([2H])c([2H])c([2H])c([2H])c5c43)c2[2H])c1[2H].[2H]c1c([2H])c([2H])c2c([2H])c(-c3c4c([2H])c([2H])c([2H])c([2H])c4c(-c4c(-c5ccc6c(c5)oc5ccc7ccccc7c56)ccc5ccccc45)c4c([2H])c([2H])c([2H])c([2H])c34)c([2H])c([2H])c2c1[2H]. The topological polar surface area (TPSA) is 26.3 Å². The fourth-order valence-corrected chi connectivity index (χ4v) is 13.3. The molecule has 21 rings (SSSR count). The highest BCUT2D eigenvalue weighted by atomic mass is 16.3. The van der Waals surface area contributed by atoms with Crippen molar-refractivity contribution in [3.8, 4) is 66.8 Å². The lowest BCUT2D eigenvalue weighted by Gasteiger charge is -2.21. The minimum atomic E-state index is -1.09. The van der Waals surface area contributed by atoms with Gasteiger partial charge >= 0.3 is 0 Å².